The number of aromatic nitrogens is 6. The lowest BCUT2D eigenvalue weighted by molar-refractivity contribution is 0.0909. The summed E-state index contributed by atoms with van der Waals surface area (Å²) < 4.78 is 3.44. The second-order valence-electron chi connectivity index (χ2n) is 8.75. The van der Waals surface area contributed by atoms with Gasteiger partial charge in [-0.3, -0.25) is 9.69 Å². The monoisotopic (exact) mass is 446 g/mol. The van der Waals surface area contributed by atoms with Gasteiger partial charge in [-0.1, -0.05) is 11.6 Å². The Hall–Kier alpha value is -3.73. The van der Waals surface area contributed by atoms with E-state index in [2.05, 4.69) is 48.4 Å². The van der Waals surface area contributed by atoms with E-state index >= 15 is 0 Å². The number of anilines is 3. The largest absolute Gasteiger partial charge is 0.373 e. The van der Waals surface area contributed by atoms with E-state index in [1.54, 1.807) is 15.4 Å². The van der Waals surface area contributed by atoms with Gasteiger partial charge in [0.25, 0.3) is 5.91 Å². The van der Waals surface area contributed by atoms with Crippen LogP contribution in [0.4, 0.5) is 17.3 Å². The molecule has 0 saturated carbocycles. The van der Waals surface area contributed by atoms with Crippen LogP contribution in [0.15, 0.2) is 24.4 Å². The number of hydrogen-bond donors (Lipinski definition) is 3. The van der Waals surface area contributed by atoms with Crippen LogP contribution in [0, 0.1) is 0 Å². The van der Waals surface area contributed by atoms with Crippen molar-refractivity contribution in [2.75, 3.05) is 30.8 Å². The maximum atomic E-state index is 13.1. The number of aryl methyl sites for hydroxylation is 1. The molecule has 0 spiro atoms. The van der Waals surface area contributed by atoms with Crippen molar-refractivity contribution in [1.29, 1.82) is 0 Å². The lowest BCUT2D eigenvalue weighted by Gasteiger charge is -2.36. The van der Waals surface area contributed by atoms with Crippen LogP contribution >= 0.6 is 0 Å². The minimum atomic E-state index is -0.158. The molecule has 0 radical (unpaired) electrons. The first kappa shape index (κ1) is 19.9. The molecule has 0 aliphatic carbocycles. The van der Waals surface area contributed by atoms with Crippen LogP contribution in [0.2, 0.25) is 0 Å². The molecule has 1 fully saturated rings. The molecule has 11 heteroatoms. The van der Waals surface area contributed by atoms with Gasteiger partial charge in [0.05, 0.1) is 17.4 Å². The molecule has 4 bridgehead atoms. The molecule has 6 rings (SSSR count). The summed E-state index contributed by atoms with van der Waals surface area (Å²) in [6.07, 6.45) is 4.97. The summed E-state index contributed by atoms with van der Waals surface area (Å²) in [5, 5.41) is 22.7. The number of nitrogens with zero attached hydrogens (tertiary/aromatic N) is 7. The zero-order chi connectivity index (χ0) is 22.5. The summed E-state index contributed by atoms with van der Waals surface area (Å²) in [6, 6.07) is 6.43. The molecule has 2 aliphatic heterocycles. The van der Waals surface area contributed by atoms with Crippen LogP contribution in [0.5, 0.6) is 0 Å². The Bertz CT molecular complexity index is 1370. The van der Waals surface area contributed by atoms with Gasteiger partial charge in [0, 0.05) is 39.3 Å². The number of piperidine rings is 1. The van der Waals surface area contributed by atoms with Crippen molar-refractivity contribution in [1.82, 2.24) is 39.8 Å². The van der Waals surface area contributed by atoms with Gasteiger partial charge >= 0.3 is 0 Å². The van der Waals surface area contributed by atoms with Gasteiger partial charge in [-0.15, -0.1) is 5.10 Å². The van der Waals surface area contributed by atoms with Crippen LogP contribution in [-0.4, -0.2) is 66.6 Å². The first-order valence-corrected chi connectivity index (χ1v) is 11.3. The quantitative estimate of drug-likeness (QED) is 0.406. The molecule has 3 N–H and O–H groups in total. The van der Waals surface area contributed by atoms with Gasteiger partial charge < -0.3 is 16.0 Å². The fourth-order valence-corrected chi connectivity index (χ4v) is 4.92. The van der Waals surface area contributed by atoms with E-state index in [-0.39, 0.29) is 11.9 Å². The number of hydrogen-bond acceptors (Lipinski definition) is 8. The fourth-order valence-electron chi connectivity index (χ4n) is 4.92. The number of benzene rings is 1. The van der Waals surface area contributed by atoms with Crippen molar-refractivity contribution >= 4 is 39.9 Å². The van der Waals surface area contributed by atoms with E-state index in [4.69, 9.17) is 4.98 Å². The van der Waals surface area contributed by atoms with Crippen molar-refractivity contribution < 1.29 is 4.79 Å². The average Bonchev–Trinajstić information content (AvgIpc) is 3.41. The molecule has 170 valence electrons. The standard InChI is InChI=1S/C22H26N10O/c1-23-19-9-18-26-16-7-13(8-17-20(16)28-29-30(17)2)12-31-6-4-3-5-14(31)10-24-22(33)15-11-25-32(19)21(15)27-18/h7-9,11,14,23H,3-6,10,12H2,1-2H3,(H,24,33)(H,26,27)/t14-/m0/s1. The van der Waals surface area contributed by atoms with Gasteiger partial charge in [0.2, 0.25) is 0 Å². The molecule has 1 amide bonds. The normalized spacial score (nSPS) is 19.2. The van der Waals surface area contributed by atoms with Gasteiger partial charge in [0.1, 0.15) is 22.7 Å². The van der Waals surface area contributed by atoms with Gasteiger partial charge in [-0.05, 0) is 37.1 Å². The second kappa shape index (κ2) is 7.69. The van der Waals surface area contributed by atoms with Crippen molar-refractivity contribution in [3.63, 3.8) is 0 Å². The van der Waals surface area contributed by atoms with E-state index < -0.39 is 0 Å². The third-order valence-electron chi connectivity index (χ3n) is 6.65. The zero-order valence-electron chi connectivity index (χ0n) is 18.7. The molecule has 4 aromatic rings. The number of fused-ring (bicyclic) bond motifs is 6. The third kappa shape index (κ3) is 3.35. The summed E-state index contributed by atoms with van der Waals surface area (Å²) in [5.41, 5.74) is 4.70. The first-order valence-electron chi connectivity index (χ1n) is 11.3. The average molecular weight is 447 g/mol. The van der Waals surface area contributed by atoms with Gasteiger partial charge in [-0.25, -0.2) is 9.67 Å². The Morgan fingerprint density at radius 2 is 2.12 bits per heavy atom. The van der Waals surface area contributed by atoms with Crippen molar-refractivity contribution in [2.45, 2.75) is 31.8 Å². The summed E-state index contributed by atoms with van der Waals surface area (Å²) >= 11 is 0. The topological polar surface area (TPSA) is 117 Å². The molecule has 1 atom stereocenters. The van der Waals surface area contributed by atoms with Gasteiger partial charge in [-0.2, -0.15) is 9.61 Å². The molecule has 0 unspecified atom stereocenters. The second-order valence-corrected chi connectivity index (χ2v) is 8.75. The van der Waals surface area contributed by atoms with Crippen LogP contribution < -0.4 is 16.0 Å². The van der Waals surface area contributed by atoms with Crippen LogP contribution in [-0.2, 0) is 13.6 Å². The SMILES string of the molecule is CNc1cc2nc3c(cnn13)C(=O)NC[C@@H]1CCCCN1Cc1cc(c3nnn(C)c3c1)N2. The highest BCUT2D eigenvalue weighted by Crippen LogP contribution is 2.30. The number of rotatable bonds is 1. The smallest absolute Gasteiger partial charge is 0.256 e. The Morgan fingerprint density at radius 3 is 3.00 bits per heavy atom. The maximum absolute atomic E-state index is 13.1. The molecule has 33 heavy (non-hydrogen) atoms. The van der Waals surface area contributed by atoms with Gasteiger partial charge in [0.15, 0.2) is 5.65 Å². The predicted octanol–water partition coefficient (Wildman–Crippen LogP) is 1.89. The number of amides is 1. The van der Waals surface area contributed by atoms with E-state index in [0.717, 1.165) is 48.5 Å². The van der Waals surface area contributed by atoms with E-state index in [9.17, 15) is 4.79 Å². The number of carbonyl (C=O) groups is 1. The van der Waals surface area contributed by atoms with E-state index in [1.807, 2.05) is 20.2 Å². The highest BCUT2D eigenvalue weighted by Gasteiger charge is 2.25. The molecule has 1 aromatic carbocycles. The molecular formula is C22H26N10O. The molecule has 11 nitrogen and oxygen atoms in total. The molecule has 1 saturated heterocycles. The van der Waals surface area contributed by atoms with Crippen LogP contribution in [0.3, 0.4) is 0 Å². The minimum Gasteiger partial charge on any atom is -0.373 e. The Kier molecular flexibility index (Phi) is 4.64. The molecular weight excluding hydrogens is 420 g/mol. The Labute approximate surface area is 190 Å². The van der Waals surface area contributed by atoms with Crippen LogP contribution in [0.25, 0.3) is 16.7 Å². The highest BCUT2D eigenvalue weighted by atomic mass is 16.1. The lowest BCUT2D eigenvalue weighted by atomic mass is 10.0. The van der Waals surface area contributed by atoms with Crippen molar-refractivity contribution in [3.8, 4) is 0 Å². The minimum absolute atomic E-state index is 0.158. The summed E-state index contributed by atoms with van der Waals surface area (Å²) in [4.78, 5) is 20.3. The summed E-state index contributed by atoms with van der Waals surface area (Å²) in [7, 11) is 3.72. The first-order chi connectivity index (χ1) is 16.1. The zero-order valence-corrected chi connectivity index (χ0v) is 18.7. The molecule has 3 aromatic heterocycles. The Balaban J connectivity index is 1.55. The lowest BCUT2D eigenvalue weighted by Crippen LogP contribution is -2.46. The van der Waals surface area contributed by atoms with Crippen molar-refractivity contribution in [2.24, 2.45) is 7.05 Å². The summed E-state index contributed by atoms with van der Waals surface area (Å²) in [5.74, 6) is 1.16. The maximum Gasteiger partial charge on any atom is 0.256 e. The number of nitrogens with one attached hydrogen (secondary N) is 3. The number of carbonyl (C=O) groups excluding carboxylic acids is 1. The van der Waals surface area contributed by atoms with Crippen LogP contribution in [0.1, 0.15) is 35.2 Å². The third-order valence-corrected chi connectivity index (χ3v) is 6.65. The fraction of sp³-hybridized carbons (Fsp3) is 0.409. The Morgan fingerprint density at radius 1 is 1.21 bits per heavy atom. The van der Waals surface area contributed by atoms with E-state index in [1.165, 1.54) is 12.0 Å². The van der Waals surface area contributed by atoms with Crippen molar-refractivity contribution in [3.05, 3.63) is 35.5 Å². The highest BCUT2D eigenvalue weighted by molar-refractivity contribution is 6.00. The van der Waals surface area contributed by atoms with E-state index in [0.29, 0.717) is 23.6 Å². The molecule has 2 aliphatic rings. The summed E-state index contributed by atoms with van der Waals surface area (Å²) in [6.45, 7) is 2.40. The molecule has 5 heterocycles. The predicted molar refractivity (Wildman–Crippen MR) is 125 cm³/mol.